The minimum atomic E-state index is -0.574. The molecule has 3 aromatic rings. The Labute approximate surface area is 181 Å². The molecule has 0 saturated heterocycles. The van der Waals surface area contributed by atoms with Gasteiger partial charge in [0.1, 0.15) is 0 Å². The van der Waals surface area contributed by atoms with Gasteiger partial charge < -0.3 is 10.3 Å². The maximum Gasteiger partial charge on any atom is 0.223 e. The maximum absolute atomic E-state index is 14.4. The van der Waals surface area contributed by atoms with E-state index in [1.165, 1.54) is 11.8 Å². The van der Waals surface area contributed by atoms with Gasteiger partial charge in [-0.3, -0.25) is 14.6 Å². The lowest BCUT2D eigenvalue weighted by atomic mass is 9.96. The van der Waals surface area contributed by atoms with Crippen LogP contribution < -0.4 is 5.32 Å². The summed E-state index contributed by atoms with van der Waals surface area (Å²) in [5.41, 5.74) is 2.37. The van der Waals surface area contributed by atoms with E-state index in [1.54, 1.807) is 19.2 Å². The van der Waals surface area contributed by atoms with Crippen LogP contribution >= 0.6 is 0 Å². The fourth-order valence-corrected chi connectivity index (χ4v) is 4.55. The summed E-state index contributed by atoms with van der Waals surface area (Å²) in [7, 11) is 0. The summed E-state index contributed by atoms with van der Waals surface area (Å²) in [6.45, 7) is 1.71. The Morgan fingerprint density at radius 1 is 1.23 bits per heavy atom. The van der Waals surface area contributed by atoms with Crippen molar-refractivity contribution >= 4 is 22.6 Å². The van der Waals surface area contributed by atoms with Gasteiger partial charge in [-0.15, -0.1) is 0 Å². The van der Waals surface area contributed by atoms with E-state index in [1.807, 2.05) is 18.2 Å². The van der Waals surface area contributed by atoms with E-state index in [-0.39, 0.29) is 36.3 Å². The molecule has 1 saturated carbocycles. The molecule has 2 heterocycles. The minimum Gasteiger partial charge on any atom is -0.356 e. The third-order valence-corrected chi connectivity index (χ3v) is 6.35. The molecule has 1 aromatic carbocycles. The molecule has 1 aliphatic carbocycles. The fraction of sp³-hybridized carbons (Fsp3) is 0.400. The van der Waals surface area contributed by atoms with Crippen LogP contribution in [0, 0.1) is 17.7 Å². The Balaban J connectivity index is 1.25. The van der Waals surface area contributed by atoms with Gasteiger partial charge in [0.05, 0.1) is 22.6 Å². The summed E-state index contributed by atoms with van der Waals surface area (Å²) < 4.78 is 14.4. The van der Waals surface area contributed by atoms with Crippen LogP contribution in [-0.4, -0.2) is 27.7 Å². The van der Waals surface area contributed by atoms with E-state index in [2.05, 4.69) is 27.4 Å². The number of halogens is 1. The number of benzene rings is 1. The number of Topliss-reactive ketones (excluding diaryl/α,β-unsaturated/α-hetero) is 1. The summed E-state index contributed by atoms with van der Waals surface area (Å²) in [6.07, 6.45) is 7.24. The zero-order chi connectivity index (χ0) is 21.8. The minimum absolute atomic E-state index is 0.0392. The molecule has 5 nitrogen and oxygen atoms in total. The summed E-state index contributed by atoms with van der Waals surface area (Å²) >= 11 is 0. The summed E-state index contributed by atoms with van der Waals surface area (Å²) in [5.74, 6) is -0.0307. The standard InChI is InChI=1S/C25H28FN3O2/c1-16(23(30)10-9-22-24(26)20-15-27-12-11-21(20)29-22)28-25(31)19-8-7-18(14-19)13-17-5-3-2-4-6-17/h2-6,11-12,15-16,18-19,29H,7-10,13-14H2,1H3,(H,28,31)/t16-,18-,19+/m0/s1. The quantitative estimate of drug-likeness (QED) is 0.567. The number of H-pyrrole nitrogens is 1. The summed E-state index contributed by atoms with van der Waals surface area (Å²) in [6, 6.07) is 11.5. The number of amides is 1. The van der Waals surface area contributed by atoms with Gasteiger partial charge >= 0.3 is 0 Å². The first kappa shape index (κ1) is 21.2. The van der Waals surface area contributed by atoms with Gasteiger partial charge in [0.15, 0.2) is 11.6 Å². The number of aryl methyl sites for hydroxylation is 1. The number of ketones is 1. The highest BCUT2D eigenvalue weighted by molar-refractivity contribution is 5.89. The van der Waals surface area contributed by atoms with E-state index < -0.39 is 6.04 Å². The van der Waals surface area contributed by atoms with Crippen molar-refractivity contribution in [2.45, 2.75) is 51.5 Å². The average Bonchev–Trinajstić information content (AvgIpc) is 3.37. The number of fused-ring (bicyclic) bond motifs is 1. The van der Waals surface area contributed by atoms with Gasteiger partial charge in [-0.1, -0.05) is 30.3 Å². The number of pyridine rings is 1. The lowest BCUT2D eigenvalue weighted by Gasteiger charge is -2.16. The molecule has 0 aliphatic heterocycles. The van der Waals surface area contributed by atoms with Crippen molar-refractivity contribution in [2.75, 3.05) is 0 Å². The van der Waals surface area contributed by atoms with Crippen LogP contribution in [0.5, 0.6) is 0 Å². The predicted octanol–water partition coefficient (Wildman–Crippen LogP) is 4.37. The van der Waals surface area contributed by atoms with Gasteiger partial charge in [-0.2, -0.15) is 0 Å². The first-order valence-corrected chi connectivity index (χ1v) is 11.0. The van der Waals surface area contributed by atoms with E-state index in [4.69, 9.17) is 0 Å². The van der Waals surface area contributed by atoms with Gasteiger partial charge in [-0.25, -0.2) is 4.39 Å². The molecular weight excluding hydrogens is 393 g/mol. The van der Waals surface area contributed by atoms with Gasteiger partial charge in [0.25, 0.3) is 0 Å². The molecule has 0 unspecified atom stereocenters. The molecule has 1 fully saturated rings. The van der Waals surface area contributed by atoms with Gasteiger partial charge in [-0.05, 0) is 56.6 Å². The highest BCUT2D eigenvalue weighted by Crippen LogP contribution is 2.33. The number of carbonyl (C=O) groups is 2. The number of rotatable bonds is 8. The fourth-order valence-electron chi connectivity index (χ4n) is 4.55. The molecule has 4 rings (SSSR count). The third-order valence-electron chi connectivity index (χ3n) is 6.35. The number of carbonyl (C=O) groups excluding carboxylic acids is 2. The van der Waals surface area contributed by atoms with Crippen LogP contribution in [0.15, 0.2) is 48.8 Å². The first-order valence-electron chi connectivity index (χ1n) is 11.0. The second kappa shape index (κ2) is 9.41. The highest BCUT2D eigenvalue weighted by atomic mass is 19.1. The van der Waals surface area contributed by atoms with Crippen LogP contribution in [0.2, 0.25) is 0 Å². The second-order valence-corrected chi connectivity index (χ2v) is 8.60. The summed E-state index contributed by atoms with van der Waals surface area (Å²) in [4.78, 5) is 32.2. The van der Waals surface area contributed by atoms with Crippen molar-refractivity contribution in [3.63, 3.8) is 0 Å². The molecule has 3 atom stereocenters. The van der Waals surface area contributed by atoms with Crippen LogP contribution in [0.25, 0.3) is 10.9 Å². The van der Waals surface area contributed by atoms with E-state index in [0.29, 0.717) is 22.5 Å². The Morgan fingerprint density at radius 3 is 2.81 bits per heavy atom. The Bertz CT molecular complexity index is 1060. The van der Waals surface area contributed by atoms with Crippen LogP contribution in [-0.2, 0) is 22.4 Å². The number of aromatic amines is 1. The molecule has 0 radical (unpaired) electrons. The molecule has 1 amide bonds. The lowest BCUT2D eigenvalue weighted by Crippen LogP contribution is -2.41. The number of hydrogen-bond acceptors (Lipinski definition) is 3. The molecule has 0 bridgehead atoms. The Hall–Kier alpha value is -3.02. The van der Waals surface area contributed by atoms with E-state index >= 15 is 0 Å². The Kier molecular flexibility index (Phi) is 6.44. The first-order chi connectivity index (χ1) is 15.0. The van der Waals surface area contributed by atoms with E-state index in [9.17, 15) is 14.0 Å². The number of nitrogens with zero attached hydrogens (tertiary/aromatic N) is 1. The largest absolute Gasteiger partial charge is 0.356 e. The van der Waals surface area contributed by atoms with Crippen molar-refractivity contribution in [1.29, 1.82) is 0 Å². The molecule has 31 heavy (non-hydrogen) atoms. The Morgan fingerprint density at radius 2 is 2.03 bits per heavy atom. The monoisotopic (exact) mass is 421 g/mol. The molecular formula is C25H28FN3O2. The zero-order valence-corrected chi connectivity index (χ0v) is 17.7. The maximum atomic E-state index is 14.4. The van der Waals surface area contributed by atoms with Crippen molar-refractivity contribution in [1.82, 2.24) is 15.3 Å². The van der Waals surface area contributed by atoms with E-state index in [0.717, 1.165) is 25.7 Å². The topological polar surface area (TPSA) is 74.8 Å². The second-order valence-electron chi connectivity index (χ2n) is 8.60. The number of hydrogen-bond donors (Lipinski definition) is 2. The summed E-state index contributed by atoms with van der Waals surface area (Å²) in [5, 5.41) is 3.31. The van der Waals surface area contributed by atoms with Crippen molar-refractivity contribution in [2.24, 2.45) is 11.8 Å². The highest BCUT2D eigenvalue weighted by Gasteiger charge is 2.31. The molecule has 2 aromatic heterocycles. The molecule has 162 valence electrons. The average molecular weight is 422 g/mol. The number of aromatic nitrogens is 2. The smallest absolute Gasteiger partial charge is 0.223 e. The van der Waals surface area contributed by atoms with Gasteiger partial charge in [0.2, 0.25) is 5.91 Å². The van der Waals surface area contributed by atoms with Crippen molar-refractivity contribution in [3.8, 4) is 0 Å². The van der Waals surface area contributed by atoms with Crippen LogP contribution in [0.3, 0.4) is 0 Å². The molecule has 0 spiro atoms. The molecule has 1 aliphatic rings. The zero-order valence-electron chi connectivity index (χ0n) is 17.7. The normalized spacial score (nSPS) is 19.4. The molecule has 6 heteroatoms. The lowest BCUT2D eigenvalue weighted by molar-refractivity contribution is -0.129. The third kappa shape index (κ3) is 5.01. The van der Waals surface area contributed by atoms with Crippen molar-refractivity contribution in [3.05, 3.63) is 65.9 Å². The number of nitrogens with one attached hydrogen (secondary N) is 2. The van der Waals surface area contributed by atoms with Gasteiger partial charge in [0, 0.05) is 24.7 Å². The van der Waals surface area contributed by atoms with Crippen LogP contribution in [0.4, 0.5) is 4.39 Å². The molecule has 2 N–H and O–H groups in total. The predicted molar refractivity (Wildman–Crippen MR) is 118 cm³/mol. The SMILES string of the molecule is C[C@H](NC(=O)[C@@H]1CC[C@@H](Cc2ccccc2)C1)C(=O)CCc1[nH]c2ccncc2c1F. The van der Waals surface area contributed by atoms with Crippen LogP contribution in [0.1, 0.15) is 43.9 Å². The van der Waals surface area contributed by atoms with Crippen molar-refractivity contribution < 1.29 is 14.0 Å².